The smallest absolute Gasteiger partial charge is 0.243 e. The van der Waals surface area contributed by atoms with Crippen LogP contribution in [0.4, 0.5) is 10.1 Å². The third-order valence-electron chi connectivity index (χ3n) is 4.49. The van der Waals surface area contributed by atoms with Crippen molar-refractivity contribution >= 4 is 53.1 Å². The van der Waals surface area contributed by atoms with E-state index in [2.05, 4.69) is 27.4 Å². The molecule has 1 aliphatic heterocycles. The van der Waals surface area contributed by atoms with Gasteiger partial charge in [0.25, 0.3) is 0 Å². The van der Waals surface area contributed by atoms with Gasteiger partial charge in [-0.3, -0.25) is 4.79 Å². The minimum Gasteiger partial charge on any atom is -0.369 e. The molecule has 28 heavy (non-hydrogen) atoms. The molecule has 0 saturated carbocycles. The van der Waals surface area contributed by atoms with Crippen molar-refractivity contribution in [1.82, 2.24) is 15.5 Å². The summed E-state index contributed by atoms with van der Waals surface area (Å²) >= 11 is 5.90. The van der Waals surface area contributed by atoms with E-state index in [0.29, 0.717) is 5.96 Å². The van der Waals surface area contributed by atoms with Gasteiger partial charge in [0.2, 0.25) is 5.91 Å². The number of anilines is 1. The van der Waals surface area contributed by atoms with Crippen LogP contribution in [0, 0.1) is 5.82 Å². The lowest BCUT2D eigenvalue weighted by Crippen LogP contribution is -2.45. The Morgan fingerprint density at radius 2 is 2.18 bits per heavy atom. The van der Waals surface area contributed by atoms with Crippen LogP contribution in [-0.2, 0) is 4.79 Å². The number of carbonyl (C=O) groups is 1. The zero-order chi connectivity index (χ0) is 19.8. The summed E-state index contributed by atoms with van der Waals surface area (Å²) in [6.45, 7) is 4.65. The topological polar surface area (TPSA) is 60.0 Å². The molecule has 1 heterocycles. The van der Waals surface area contributed by atoms with Crippen LogP contribution in [0.3, 0.4) is 0 Å². The van der Waals surface area contributed by atoms with E-state index in [1.165, 1.54) is 11.0 Å². The first-order valence-corrected chi connectivity index (χ1v) is 9.73. The predicted molar refractivity (Wildman–Crippen MR) is 124 cm³/mol. The molecule has 1 aromatic rings. The molecule has 0 bridgehead atoms. The Kier molecular flexibility index (Phi) is 10.9. The predicted octanol–water partition coefficient (Wildman–Crippen LogP) is 3.10. The molecule has 1 unspecified atom stereocenters. The van der Waals surface area contributed by atoms with Gasteiger partial charge in [0.1, 0.15) is 12.4 Å². The van der Waals surface area contributed by atoms with Crippen molar-refractivity contribution in [2.24, 2.45) is 4.99 Å². The zero-order valence-electron chi connectivity index (χ0n) is 16.7. The number of guanidine groups is 1. The van der Waals surface area contributed by atoms with Gasteiger partial charge in [0.05, 0.1) is 5.02 Å². The summed E-state index contributed by atoms with van der Waals surface area (Å²) in [5.74, 6) is 0.206. The van der Waals surface area contributed by atoms with Crippen LogP contribution in [-0.4, -0.2) is 63.1 Å². The molecule has 1 amide bonds. The Bertz CT molecular complexity index is 674. The maximum atomic E-state index is 13.4. The number of hydrogen-bond acceptors (Lipinski definition) is 3. The van der Waals surface area contributed by atoms with E-state index in [1.807, 2.05) is 0 Å². The van der Waals surface area contributed by atoms with Crippen LogP contribution in [0.1, 0.15) is 26.2 Å². The van der Waals surface area contributed by atoms with E-state index < -0.39 is 5.82 Å². The number of amides is 1. The summed E-state index contributed by atoms with van der Waals surface area (Å²) < 4.78 is 13.4. The Labute approximate surface area is 188 Å². The van der Waals surface area contributed by atoms with Gasteiger partial charge in [-0.15, -0.1) is 24.0 Å². The molecule has 0 aromatic heterocycles. The first-order valence-electron chi connectivity index (χ1n) is 9.35. The monoisotopic (exact) mass is 525 g/mol. The fraction of sp³-hybridized carbons (Fsp3) is 0.579. The van der Waals surface area contributed by atoms with Crippen LogP contribution in [0.25, 0.3) is 0 Å². The van der Waals surface area contributed by atoms with E-state index in [4.69, 9.17) is 11.6 Å². The summed E-state index contributed by atoms with van der Waals surface area (Å²) in [6.07, 6.45) is 3.04. The number of likely N-dealkylation sites (N-methyl/N-ethyl adjacent to an activating group) is 1. The van der Waals surface area contributed by atoms with Gasteiger partial charge in [-0.2, -0.15) is 0 Å². The highest BCUT2D eigenvalue weighted by Crippen LogP contribution is 2.25. The second kappa shape index (κ2) is 12.3. The second-order valence-corrected chi connectivity index (χ2v) is 7.31. The number of hydrogen-bond donors (Lipinski definition) is 2. The van der Waals surface area contributed by atoms with E-state index in [1.54, 1.807) is 26.2 Å². The van der Waals surface area contributed by atoms with E-state index in [0.717, 1.165) is 44.6 Å². The number of nitrogens with one attached hydrogen (secondary N) is 2. The molecular weight excluding hydrogens is 496 g/mol. The third-order valence-corrected chi connectivity index (χ3v) is 4.78. The second-order valence-electron chi connectivity index (χ2n) is 6.91. The van der Waals surface area contributed by atoms with Crippen molar-refractivity contribution in [2.75, 3.05) is 45.2 Å². The minimum atomic E-state index is -0.408. The molecule has 6 nitrogen and oxygen atoms in total. The molecule has 1 saturated heterocycles. The fourth-order valence-electron chi connectivity index (χ4n) is 2.81. The van der Waals surface area contributed by atoms with Gasteiger partial charge < -0.3 is 20.4 Å². The van der Waals surface area contributed by atoms with Crippen LogP contribution in [0.5, 0.6) is 0 Å². The first-order chi connectivity index (χ1) is 12.9. The molecule has 9 heteroatoms. The van der Waals surface area contributed by atoms with Gasteiger partial charge in [-0.1, -0.05) is 24.9 Å². The number of benzene rings is 1. The Morgan fingerprint density at radius 1 is 1.43 bits per heavy atom. The lowest BCUT2D eigenvalue weighted by Gasteiger charge is -2.21. The molecule has 0 radical (unpaired) electrons. The lowest BCUT2D eigenvalue weighted by molar-refractivity contribution is -0.127. The lowest BCUT2D eigenvalue weighted by atomic mass is 10.2. The molecule has 0 spiro atoms. The molecule has 158 valence electrons. The number of aliphatic imine (C=N–C) groups is 1. The van der Waals surface area contributed by atoms with Crippen LogP contribution in [0.2, 0.25) is 5.02 Å². The zero-order valence-corrected chi connectivity index (χ0v) is 19.8. The maximum absolute atomic E-state index is 13.4. The molecule has 2 rings (SSSR count). The first kappa shape index (κ1) is 24.7. The van der Waals surface area contributed by atoms with Crippen molar-refractivity contribution < 1.29 is 9.18 Å². The third kappa shape index (κ3) is 7.62. The fourth-order valence-corrected chi connectivity index (χ4v) is 2.99. The van der Waals surface area contributed by atoms with Gasteiger partial charge in [0.15, 0.2) is 5.96 Å². The minimum absolute atomic E-state index is 0. The summed E-state index contributed by atoms with van der Waals surface area (Å²) in [5.41, 5.74) is 0.908. The highest BCUT2D eigenvalue weighted by Gasteiger charge is 2.24. The van der Waals surface area contributed by atoms with E-state index >= 15 is 0 Å². The number of nitrogens with zero attached hydrogens (tertiary/aromatic N) is 3. The van der Waals surface area contributed by atoms with Crippen LogP contribution >= 0.6 is 35.6 Å². The van der Waals surface area contributed by atoms with Gasteiger partial charge >= 0.3 is 0 Å². The highest BCUT2D eigenvalue weighted by atomic mass is 127. The largest absolute Gasteiger partial charge is 0.369 e. The van der Waals surface area contributed by atoms with Crippen LogP contribution in [0.15, 0.2) is 23.2 Å². The van der Waals surface area contributed by atoms with Crippen molar-refractivity contribution in [1.29, 1.82) is 0 Å². The average Bonchev–Trinajstić information content (AvgIpc) is 3.10. The van der Waals surface area contributed by atoms with Gasteiger partial charge in [-0.25, -0.2) is 9.38 Å². The summed E-state index contributed by atoms with van der Waals surface area (Å²) in [4.78, 5) is 19.9. The molecule has 2 N–H and O–H groups in total. The standard InChI is InChI=1S/C19H29ClFN5O.HI/c1-4-5-9-22-19(23-12-18(27)25(2)3)24-14-8-10-26(13-14)15-6-7-17(21)16(20)11-15;/h6-7,11,14H,4-5,8-10,12-13H2,1-3H3,(H2,22,23,24);1H. The molecule has 1 aromatic carbocycles. The number of unbranched alkanes of at least 4 members (excludes halogenated alkanes) is 1. The average molecular weight is 526 g/mol. The number of rotatable bonds is 7. The number of carbonyl (C=O) groups excluding carboxylic acids is 1. The molecule has 1 aliphatic rings. The van der Waals surface area contributed by atoms with E-state index in [-0.39, 0.29) is 47.5 Å². The Hall–Kier alpha value is -1.29. The van der Waals surface area contributed by atoms with Gasteiger partial charge in [0, 0.05) is 45.5 Å². The summed E-state index contributed by atoms with van der Waals surface area (Å²) in [6, 6.07) is 4.98. The molecule has 1 atom stereocenters. The number of halogens is 3. The summed E-state index contributed by atoms with van der Waals surface area (Å²) in [7, 11) is 3.44. The molecule has 1 fully saturated rings. The van der Waals surface area contributed by atoms with Crippen LogP contribution < -0.4 is 15.5 Å². The SMILES string of the molecule is CCCCNC(=NCC(=O)N(C)C)NC1CCN(c2ccc(F)c(Cl)c2)C1.I. The van der Waals surface area contributed by atoms with Gasteiger partial charge in [-0.05, 0) is 31.0 Å². The maximum Gasteiger partial charge on any atom is 0.243 e. The van der Waals surface area contributed by atoms with Crippen molar-refractivity contribution in [3.05, 3.63) is 29.0 Å². The van der Waals surface area contributed by atoms with Crippen molar-refractivity contribution in [3.63, 3.8) is 0 Å². The highest BCUT2D eigenvalue weighted by molar-refractivity contribution is 14.0. The molecular formula is C19H30ClFIN5O. The summed E-state index contributed by atoms with van der Waals surface area (Å²) in [5, 5.41) is 6.84. The quantitative estimate of drug-likeness (QED) is 0.249. The molecule has 0 aliphatic carbocycles. The normalized spacial score (nSPS) is 16.5. The Morgan fingerprint density at radius 3 is 2.82 bits per heavy atom. The van der Waals surface area contributed by atoms with E-state index in [9.17, 15) is 9.18 Å². The van der Waals surface area contributed by atoms with Crippen molar-refractivity contribution in [2.45, 2.75) is 32.2 Å². The Balaban J connectivity index is 0.00000392. The van der Waals surface area contributed by atoms with Crippen molar-refractivity contribution in [3.8, 4) is 0 Å².